The molecule has 0 saturated carbocycles. The Hall–Kier alpha value is -1.19. The van der Waals surface area contributed by atoms with Crippen LogP contribution in [0.5, 0.6) is 0 Å². The summed E-state index contributed by atoms with van der Waals surface area (Å²) in [5.41, 5.74) is 0. The van der Waals surface area contributed by atoms with Crippen LogP contribution in [0.25, 0.3) is 0 Å². The zero-order valence-electron chi connectivity index (χ0n) is 5.00. The molecule has 0 aromatic carbocycles. The number of carbonyl (C=O) groups excluding carboxylic acids is 1. The highest BCUT2D eigenvalue weighted by Crippen LogP contribution is 1.77. The van der Waals surface area contributed by atoms with E-state index in [1.54, 1.807) is 0 Å². The Balaban J connectivity index is 3.16. The van der Waals surface area contributed by atoms with Crippen LogP contribution in [-0.4, -0.2) is 13.7 Å². The fourth-order valence-corrected chi connectivity index (χ4v) is 0.199. The van der Waals surface area contributed by atoms with E-state index < -0.39 is 5.97 Å². The summed E-state index contributed by atoms with van der Waals surface area (Å²) in [6.45, 7) is 6.43. The van der Waals surface area contributed by atoms with Gasteiger partial charge in [0.2, 0.25) is 0 Å². The molecule has 0 aromatic heterocycles. The molecule has 0 aliphatic heterocycles. The number of hydrogen-bond donors (Lipinski definition) is 0. The summed E-state index contributed by atoms with van der Waals surface area (Å²) in [7, 11) is -0.103. The Bertz CT molecular complexity index is 121. The second-order valence-electron chi connectivity index (χ2n) is 1.12. The van der Waals surface area contributed by atoms with Crippen LogP contribution in [0.3, 0.4) is 0 Å². The maximum atomic E-state index is 10.2. The quantitative estimate of drug-likeness (QED) is 0.232. The van der Waals surface area contributed by atoms with Gasteiger partial charge >= 0.3 is 13.7 Å². The first-order valence-electron chi connectivity index (χ1n) is 2.33. The highest BCUT2D eigenvalue weighted by molar-refractivity contribution is 6.23. The van der Waals surface area contributed by atoms with Gasteiger partial charge in [-0.3, -0.25) is 0 Å². The largest absolute Gasteiger partial charge is 0.578 e. The van der Waals surface area contributed by atoms with E-state index in [-0.39, 0.29) is 7.69 Å². The van der Waals surface area contributed by atoms with Crippen molar-refractivity contribution >= 4 is 13.7 Å². The van der Waals surface area contributed by atoms with Gasteiger partial charge in [0.1, 0.15) is 0 Å². The van der Waals surface area contributed by atoms with Gasteiger partial charge in [0, 0.05) is 6.08 Å². The SMILES string of the molecule is C=COBOC(=O)C=C. The lowest BCUT2D eigenvalue weighted by atomic mass is 10.4. The molecule has 0 unspecified atom stereocenters. The molecule has 0 atom stereocenters. The standard InChI is InChI=1S/C5H7BO3/c1-3-5(7)9-6-8-4-2/h3-4,6H,1-2H2. The average Bonchev–Trinajstić information content (AvgIpc) is 1.89. The van der Waals surface area contributed by atoms with Crippen LogP contribution < -0.4 is 0 Å². The summed E-state index contributed by atoms with van der Waals surface area (Å²) in [5.74, 6) is -0.503. The van der Waals surface area contributed by atoms with Gasteiger partial charge in [-0.2, -0.15) is 0 Å². The van der Waals surface area contributed by atoms with Gasteiger partial charge in [0.05, 0.1) is 6.26 Å². The monoisotopic (exact) mass is 126 g/mol. The Morgan fingerprint density at radius 3 is 2.67 bits per heavy atom. The third-order valence-corrected chi connectivity index (χ3v) is 0.554. The van der Waals surface area contributed by atoms with Crippen molar-refractivity contribution in [2.24, 2.45) is 0 Å². The molecule has 0 heterocycles. The molecule has 0 N–H and O–H groups in total. The zero-order chi connectivity index (χ0) is 7.11. The van der Waals surface area contributed by atoms with Crippen LogP contribution in [0.1, 0.15) is 0 Å². The van der Waals surface area contributed by atoms with Gasteiger partial charge < -0.3 is 9.31 Å². The smallest absolute Gasteiger partial charge is 0.535 e. The lowest BCUT2D eigenvalue weighted by molar-refractivity contribution is -0.129. The van der Waals surface area contributed by atoms with E-state index in [2.05, 4.69) is 22.5 Å². The lowest BCUT2D eigenvalue weighted by Crippen LogP contribution is -2.06. The highest BCUT2D eigenvalue weighted by Gasteiger charge is 1.95. The first kappa shape index (κ1) is 7.81. The van der Waals surface area contributed by atoms with Gasteiger partial charge in [-0.1, -0.05) is 13.2 Å². The number of hydrogen-bond acceptors (Lipinski definition) is 3. The summed E-state index contributed by atoms with van der Waals surface area (Å²) in [6.07, 6.45) is 2.25. The first-order valence-corrected chi connectivity index (χ1v) is 2.33. The first-order chi connectivity index (χ1) is 4.31. The maximum Gasteiger partial charge on any atom is 0.578 e. The van der Waals surface area contributed by atoms with Gasteiger partial charge in [0.15, 0.2) is 0 Å². The van der Waals surface area contributed by atoms with Crippen molar-refractivity contribution in [3.8, 4) is 0 Å². The van der Waals surface area contributed by atoms with Crippen molar-refractivity contribution in [2.75, 3.05) is 0 Å². The average molecular weight is 126 g/mol. The predicted molar refractivity (Wildman–Crippen MR) is 34.7 cm³/mol. The van der Waals surface area contributed by atoms with Gasteiger partial charge in [-0.05, 0) is 0 Å². The third kappa shape index (κ3) is 4.67. The Kier molecular flexibility index (Phi) is 4.31. The number of carbonyl (C=O) groups is 1. The molecule has 0 rings (SSSR count). The molecule has 0 spiro atoms. The molecule has 0 bridgehead atoms. The minimum atomic E-state index is -0.503. The van der Waals surface area contributed by atoms with Crippen molar-refractivity contribution in [2.45, 2.75) is 0 Å². The Labute approximate surface area is 54.3 Å². The Morgan fingerprint density at radius 1 is 1.56 bits per heavy atom. The minimum Gasteiger partial charge on any atom is -0.535 e. The highest BCUT2D eigenvalue weighted by atomic mass is 16.6. The Morgan fingerprint density at radius 2 is 2.22 bits per heavy atom. The van der Waals surface area contributed by atoms with Crippen molar-refractivity contribution in [1.82, 2.24) is 0 Å². The van der Waals surface area contributed by atoms with Crippen LogP contribution in [-0.2, 0) is 14.1 Å². The van der Waals surface area contributed by atoms with Crippen LogP contribution in [0.4, 0.5) is 0 Å². The fourth-order valence-electron chi connectivity index (χ4n) is 0.199. The molecule has 0 aliphatic rings. The summed E-state index contributed by atoms with van der Waals surface area (Å²) in [6, 6.07) is 0. The van der Waals surface area contributed by atoms with Crippen molar-refractivity contribution in [1.29, 1.82) is 0 Å². The van der Waals surface area contributed by atoms with Crippen molar-refractivity contribution in [3.05, 3.63) is 25.5 Å². The van der Waals surface area contributed by atoms with Crippen LogP contribution in [0, 0.1) is 0 Å². The van der Waals surface area contributed by atoms with E-state index in [9.17, 15) is 4.79 Å². The van der Waals surface area contributed by atoms with Crippen molar-refractivity contribution in [3.63, 3.8) is 0 Å². The molecule has 9 heavy (non-hydrogen) atoms. The normalized spacial score (nSPS) is 7.11. The summed E-state index contributed by atoms with van der Waals surface area (Å²) < 4.78 is 8.86. The molecule has 3 nitrogen and oxygen atoms in total. The molecule has 4 heteroatoms. The predicted octanol–water partition coefficient (Wildman–Crippen LogP) is 0.142. The van der Waals surface area contributed by atoms with Gasteiger partial charge in [-0.15, -0.1) is 0 Å². The lowest BCUT2D eigenvalue weighted by Gasteiger charge is -1.95. The van der Waals surface area contributed by atoms with E-state index >= 15 is 0 Å². The van der Waals surface area contributed by atoms with E-state index in [0.29, 0.717) is 0 Å². The number of rotatable bonds is 4. The molecule has 0 saturated heterocycles. The zero-order valence-corrected chi connectivity index (χ0v) is 5.00. The molecular formula is C5H7BO3. The van der Waals surface area contributed by atoms with Crippen LogP contribution >= 0.6 is 0 Å². The van der Waals surface area contributed by atoms with Gasteiger partial charge in [-0.25, -0.2) is 4.79 Å². The van der Waals surface area contributed by atoms with Crippen molar-refractivity contribution < 1.29 is 14.1 Å². The van der Waals surface area contributed by atoms with Gasteiger partial charge in [0.25, 0.3) is 0 Å². The molecule has 0 radical (unpaired) electrons. The molecule has 0 fully saturated rings. The van der Waals surface area contributed by atoms with E-state index in [1.807, 2.05) is 0 Å². The summed E-state index contributed by atoms with van der Waals surface area (Å²) in [4.78, 5) is 10.2. The van der Waals surface area contributed by atoms with E-state index in [4.69, 9.17) is 0 Å². The second-order valence-corrected chi connectivity index (χ2v) is 1.12. The maximum absolute atomic E-state index is 10.2. The van der Waals surface area contributed by atoms with Crippen LogP contribution in [0.2, 0.25) is 0 Å². The topological polar surface area (TPSA) is 35.5 Å². The third-order valence-electron chi connectivity index (χ3n) is 0.554. The second kappa shape index (κ2) is 4.96. The molecule has 48 valence electrons. The van der Waals surface area contributed by atoms with E-state index in [0.717, 1.165) is 6.08 Å². The molecule has 0 amide bonds. The summed E-state index contributed by atoms with van der Waals surface area (Å²) >= 11 is 0. The molecule has 0 aromatic rings. The van der Waals surface area contributed by atoms with Crippen LogP contribution in [0.15, 0.2) is 25.5 Å². The fraction of sp³-hybridized carbons (Fsp3) is 0. The van der Waals surface area contributed by atoms with E-state index in [1.165, 1.54) is 6.26 Å². The molecular weight excluding hydrogens is 119 g/mol. The molecule has 0 aliphatic carbocycles. The summed E-state index contributed by atoms with van der Waals surface area (Å²) in [5, 5.41) is 0. The minimum absolute atomic E-state index is 0.103.